The summed E-state index contributed by atoms with van der Waals surface area (Å²) >= 11 is 0. The Morgan fingerprint density at radius 1 is 1.14 bits per heavy atom. The third kappa shape index (κ3) is 3.25. The summed E-state index contributed by atoms with van der Waals surface area (Å²) in [6.07, 6.45) is 2.32. The van der Waals surface area contributed by atoms with Crippen molar-refractivity contribution in [3.63, 3.8) is 0 Å². The standard InChI is InChI=1S/C25H33NO2/c1-18(28-17-19-8-6-5-7-9-19)16-26-13-12-25(4)22-11-10-21(27)14-20(22)15-23(26)24(25,2)3/h5-11,14,18,23,27H,12-13,15-17H2,1-4H3/t18-,23+,25?/m0/s1. The molecule has 2 bridgehead atoms. The lowest BCUT2D eigenvalue weighted by molar-refractivity contribution is -0.0648. The molecule has 1 fully saturated rings. The molecule has 28 heavy (non-hydrogen) atoms. The molecular weight excluding hydrogens is 346 g/mol. The lowest BCUT2D eigenvalue weighted by Crippen LogP contribution is -2.64. The van der Waals surface area contributed by atoms with Gasteiger partial charge in [0.15, 0.2) is 0 Å². The quantitative estimate of drug-likeness (QED) is 0.801. The van der Waals surface area contributed by atoms with Gasteiger partial charge in [-0.3, -0.25) is 4.90 Å². The summed E-state index contributed by atoms with van der Waals surface area (Å²) < 4.78 is 6.17. The molecule has 2 aromatic carbocycles. The minimum Gasteiger partial charge on any atom is -0.508 e. The van der Waals surface area contributed by atoms with Crippen LogP contribution in [0.1, 0.15) is 50.8 Å². The van der Waals surface area contributed by atoms with Gasteiger partial charge < -0.3 is 9.84 Å². The van der Waals surface area contributed by atoms with Crippen LogP contribution >= 0.6 is 0 Å². The van der Waals surface area contributed by atoms with Crippen molar-refractivity contribution < 1.29 is 9.84 Å². The Labute approximate surface area is 169 Å². The van der Waals surface area contributed by atoms with Crippen molar-refractivity contribution in [3.05, 3.63) is 65.2 Å². The van der Waals surface area contributed by atoms with Gasteiger partial charge in [-0.25, -0.2) is 0 Å². The Balaban J connectivity index is 1.50. The number of piperidine rings is 1. The highest BCUT2D eigenvalue weighted by Crippen LogP contribution is 2.56. The van der Waals surface area contributed by atoms with E-state index < -0.39 is 0 Å². The lowest BCUT2D eigenvalue weighted by Gasteiger charge is -2.61. The normalized spacial score (nSPS) is 27.2. The molecule has 2 aromatic rings. The molecule has 1 aliphatic heterocycles. The van der Waals surface area contributed by atoms with Gasteiger partial charge in [-0.1, -0.05) is 57.2 Å². The fourth-order valence-electron chi connectivity index (χ4n) is 5.45. The highest BCUT2D eigenvalue weighted by Gasteiger charge is 2.55. The van der Waals surface area contributed by atoms with Crippen molar-refractivity contribution in [2.45, 2.75) is 64.7 Å². The number of phenols is 1. The van der Waals surface area contributed by atoms with Gasteiger partial charge in [0, 0.05) is 18.0 Å². The van der Waals surface area contributed by atoms with E-state index in [1.807, 2.05) is 18.2 Å². The van der Waals surface area contributed by atoms with Crippen LogP contribution in [0.5, 0.6) is 5.75 Å². The van der Waals surface area contributed by atoms with Crippen LogP contribution in [-0.4, -0.2) is 35.2 Å². The van der Waals surface area contributed by atoms with E-state index in [4.69, 9.17) is 4.74 Å². The summed E-state index contributed by atoms with van der Waals surface area (Å²) in [4.78, 5) is 2.63. The monoisotopic (exact) mass is 379 g/mol. The summed E-state index contributed by atoms with van der Waals surface area (Å²) in [6.45, 7) is 12.2. The molecule has 1 saturated heterocycles. The van der Waals surface area contributed by atoms with Gasteiger partial charge in [0.1, 0.15) is 5.75 Å². The van der Waals surface area contributed by atoms with Crippen LogP contribution in [0.15, 0.2) is 48.5 Å². The average Bonchev–Trinajstić information content (AvgIpc) is 2.66. The first-order chi connectivity index (χ1) is 13.3. The number of aromatic hydroxyl groups is 1. The Morgan fingerprint density at radius 3 is 2.64 bits per heavy atom. The number of hydrogen-bond acceptors (Lipinski definition) is 3. The zero-order chi connectivity index (χ0) is 19.9. The maximum absolute atomic E-state index is 10.0. The van der Waals surface area contributed by atoms with Crippen molar-refractivity contribution in [1.29, 1.82) is 0 Å². The smallest absolute Gasteiger partial charge is 0.115 e. The number of nitrogens with zero attached hydrogens (tertiary/aromatic N) is 1. The molecule has 0 aromatic heterocycles. The van der Waals surface area contributed by atoms with E-state index in [0.717, 1.165) is 25.9 Å². The number of rotatable bonds is 5. The van der Waals surface area contributed by atoms with E-state index in [1.165, 1.54) is 16.7 Å². The van der Waals surface area contributed by atoms with E-state index in [9.17, 15) is 5.11 Å². The number of benzene rings is 2. The second kappa shape index (κ2) is 7.20. The van der Waals surface area contributed by atoms with Gasteiger partial charge in [-0.15, -0.1) is 0 Å². The van der Waals surface area contributed by atoms with Crippen LogP contribution in [0.2, 0.25) is 0 Å². The summed E-state index contributed by atoms with van der Waals surface area (Å²) in [5.41, 5.74) is 4.29. The van der Waals surface area contributed by atoms with Gasteiger partial charge >= 0.3 is 0 Å². The fourth-order valence-corrected chi connectivity index (χ4v) is 5.45. The predicted molar refractivity (Wildman–Crippen MR) is 114 cm³/mol. The first-order valence-electron chi connectivity index (χ1n) is 10.5. The second-order valence-corrected chi connectivity index (χ2v) is 9.47. The number of ether oxygens (including phenoxy) is 1. The molecule has 1 N–H and O–H groups in total. The summed E-state index contributed by atoms with van der Waals surface area (Å²) in [6, 6.07) is 16.9. The zero-order valence-electron chi connectivity index (χ0n) is 17.6. The van der Waals surface area contributed by atoms with E-state index >= 15 is 0 Å². The molecule has 1 unspecified atom stereocenters. The molecule has 4 rings (SSSR count). The number of likely N-dealkylation sites (tertiary alicyclic amines) is 1. The molecule has 1 aliphatic carbocycles. The molecule has 0 saturated carbocycles. The molecule has 3 nitrogen and oxygen atoms in total. The number of phenolic OH excluding ortho intramolecular Hbond substituents is 1. The van der Waals surface area contributed by atoms with Gasteiger partial charge in [0.25, 0.3) is 0 Å². The third-order valence-electron chi connectivity index (χ3n) is 7.56. The fraction of sp³-hybridized carbons (Fsp3) is 0.520. The SMILES string of the molecule is C[C@@H](CN1CCC2(C)c3ccc(O)cc3C[C@@H]1C2(C)C)OCc1ccccc1. The zero-order valence-corrected chi connectivity index (χ0v) is 17.6. The van der Waals surface area contributed by atoms with E-state index in [1.54, 1.807) is 0 Å². The van der Waals surface area contributed by atoms with Crippen LogP contribution in [0.25, 0.3) is 0 Å². The molecule has 150 valence electrons. The summed E-state index contributed by atoms with van der Waals surface area (Å²) in [7, 11) is 0. The molecule has 0 amide bonds. The Morgan fingerprint density at radius 2 is 1.89 bits per heavy atom. The Bertz CT molecular complexity index is 832. The maximum Gasteiger partial charge on any atom is 0.115 e. The van der Waals surface area contributed by atoms with Crippen LogP contribution in [0.3, 0.4) is 0 Å². The Hall–Kier alpha value is -1.84. The first-order valence-corrected chi connectivity index (χ1v) is 10.5. The highest BCUT2D eigenvalue weighted by atomic mass is 16.5. The van der Waals surface area contributed by atoms with E-state index in [2.05, 4.69) is 62.9 Å². The predicted octanol–water partition coefficient (Wildman–Crippen LogP) is 4.91. The van der Waals surface area contributed by atoms with Crippen molar-refractivity contribution >= 4 is 0 Å². The second-order valence-electron chi connectivity index (χ2n) is 9.47. The van der Waals surface area contributed by atoms with Gasteiger partial charge in [-0.2, -0.15) is 0 Å². The van der Waals surface area contributed by atoms with E-state index in [-0.39, 0.29) is 16.9 Å². The lowest BCUT2D eigenvalue weighted by atomic mass is 9.51. The minimum absolute atomic E-state index is 0.142. The number of fused-ring (bicyclic) bond motifs is 4. The molecule has 3 heteroatoms. The van der Waals surface area contributed by atoms with Crippen molar-refractivity contribution in [2.75, 3.05) is 13.1 Å². The third-order valence-corrected chi connectivity index (χ3v) is 7.56. The molecule has 3 atom stereocenters. The van der Waals surface area contributed by atoms with Crippen LogP contribution in [0, 0.1) is 5.41 Å². The average molecular weight is 380 g/mol. The van der Waals surface area contributed by atoms with Crippen molar-refractivity contribution in [2.24, 2.45) is 5.41 Å². The molecular formula is C25H33NO2. The highest BCUT2D eigenvalue weighted by molar-refractivity contribution is 5.45. The number of hydrogen-bond donors (Lipinski definition) is 1. The van der Waals surface area contributed by atoms with Crippen LogP contribution in [0.4, 0.5) is 0 Å². The molecule has 2 aliphatic rings. The van der Waals surface area contributed by atoms with Crippen LogP contribution in [-0.2, 0) is 23.2 Å². The first kappa shape index (κ1) is 19.5. The maximum atomic E-state index is 10.0. The van der Waals surface area contributed by atoms with Crippen molar-refractivity contribution in [3.8, 4) is 5.75 Å². The van der Waals surface area contributed by atoms with E-state index in [0.29, 0.717) is 18.4 Å². The largest absolute Gasteiger partial charge is 0.508 e. The minimum atomic E-state index is 0.142. The molecule has 0 radical (unpaired) electrons. The van der Waals surface area contributed by atoms with Crippen LogP contribution < -0.4 is 0 Å². The Kier molecular flexibility index (Phi) is 5.01. The van der Waals surface area contributed by atoms with Gasteiger partial charge in [-0.05, 0) is 60.5 Å². The van der Waals surface area contributed by atoms with Gasteiger partial charge in [0.2, 0.25) is 0 Å². The topological polar surface area (TPSA) is 32.7 Å². The van der Waals surface area contributed by atoms with Gasteiger partial charge in [0.05, 0.1) is 12.7 Å². The van der Waals surface area contributed by atoms with Crippen molar-refractivity contribution in [1.82, 2.24) is 4.90 Å². The molecule has 1 heterocycles. The summed E-state index contributed by atoms with van der Waals surface area (Å²) in [5, 5.41) is 10.0. The molecule has 0 spiro atoms. The summed E-state index contributed by atoms with van der Waals surface area (Å²) in [5.74, 6) is 0.381.